The van der Waals surface area contributed by atoms with Crippen LogP contribution in [0.5, 0.6) is 17.4 Å². The molecule has 8 nitrogen and oxygen atoms in total. The maximum Gasteiger partial charge on any atom is 0.233 e. The lowest BCUT2D eigenvalue weighted by molar-refractivity contribution is 0.216. The van der Waals surface area contributed by atoms with E-state index in [2.05, 4.69) is 25.1 Å². The van der Waals surface area contributed by atoms with Crippen LogP contribution in [0.1, 0.15) is 6.42 Å². The molecule has 0 spiro atoms. The second kappa shape index (κ2) is 7.62. The number of aromatic nitrogens is 4. The second-order valence-corrected chi connectivity index (χ2v) is 7.13. The lowest BCUT2D eigenvalue weighted by Crippen LogP contribution is -2.25. The molecule has 1 atom stereocenters. The minimum Gasteiger partial charge on any atom is -0.493 e. The Kier molecular flexibility index (Phi) is 4.66. The Morgan fingerprint density at radius 3 is 2.60 bits per heavy atom. The van der Waals surface area contributed by atoms with E-state index in [-0.39, 0.29) is 6.10 Å². The van der Waals surface area contributed by atoms with Crippen molar-refractivity contribution in [2.45, 2.75) is 12.5 Å². The molecular formula is C22H21N5O3. The van der Waals surface area contributed by atoms with Crippen LogP contribution in [0.25, 0.3) is 21.9 Å². The summed E-state index contributed by atoms with van der Waals surface area (Å²) in [6, 6.07) is 11.6. The van der Waals surface area contributed by atoms with Crippen LogP contribution in [0, 0.1) is 0 Å². The van der Waals surface area contributed by atoms with Crippen LogP contribution in [-0.4, -0.2) is 53.6 Å². The van der Waals surface area contributed by atoms with Gasteiger partial charge in [-0.2, -0.15) is 10.2 Å². The SMILES string of the molecule is COc1cc2nncc(N3CCC(Oc4cnc5ccccc5n4)C3)c2cc1OC. The number of ether oxygens (including phenoxy) is 3. The van der Waals surface area contributed by atoms with E-state index in [4.69, 9.17) is 14.2 Å². The Morgan fingerprint density at radius 1 is 0.967 bits per heavy atom. The van der Waals surface area contributed by atoms with Gasteiger partial charge in [-0.25, -0.2) is 9.97 Å². The van der Waals surface area contributed by atoms with Crippen molar-refractivity contribution in [3.05, 3.63) is 48.8 Å². The molecule has 2 aromatic heterocycles. The largest absolute Gasteiger partial charge is 0.493 e. The molecule has 5 rings (SSSR count). The number of hydrogen-bond acceptors (Lipinski definition) is 8. The van der Waals surface area contributed by atoms with E-state index in [0.29, 0.717) is 17.4 Å². The van der Waals surface area contributed by atoms with E-state index in [1.54, 1.807) is 26.6 Å². The zero-order chi connectivity index (χ0) is 20.5. The molecule has 0 N–H and O–H groups in total. The van der Waals surface area contributed by atoms with Crippen molar-refractivity contribution in [2.24, 2.45) is 0 Å². The number of benzene rings is 2. The Balaban J connectivity index is 1.39. The third-order valence-corrected chi connectivity index (χ3v) is 5.32. The molecule has 0 saturated carbocycles. The summed E-state index contributed by atoms with van der Waals surface area (Å²) in [6.07, 6.45) is 4.37. The molecule has 0 amide bonds. The molecule has 0 aliphatic carbocycles. The van der Waals surface area contributed by atoms with Crippen LogP contribution >= 0.6 is 0 Å². The highest BCUT2D eigenvalue weighted by Gasteiger charge is 2.27. The fourth-order valence-corrected chi connectivity index (χ4v) is 3.83. The summed E-state index contributed by atoms with van der Waals surface area (Å²) in [5.41, 5.74) is 3.44. The lowest BCUT2D eigenvalue weighted by Gasteiger charge is -2.20. The normalized spacial score (nSPS) is 16.2. The van der Waals surface area contributed by atoms with Crippen molar-refractivity contribution < 1.29 is 14.2 Å². The maximum atomic E-state index is 6.13. The van der Waals surface area contributed by atoms with Crippen molar-refractivity contribution >= 4 is 27.6 Å². The summed E-state index contributed by atoms with van der Waals surface area (Å²) >= 11 is 0. The standard InChI is InChI=1S/C22H21N5O3/c1-28-20-9-15-18(10-21(20)29-2)26-24-11-19(15)27-8-7-14(13-27)30-22-12-23-16-5-3-4-6-17(16)25-22/h3-6,9-12,14H,7-8,13H2,1-2H3. The highest BCUT2D eigenvalue weighted by Crippen LogP contribution is 2.36. The van der Waals surface area contributed by atoms with Gasteiger partial charge in [0.25, 0.3) is 0 Å². The van der Waals surface area contributed by atoms with E-state index in [1.165, 1.54) is 0 Å². The summed E-state index contributed by atoms with van der Waals surface area (Å²) in [6.45, 7) is 1.57. The molecule has 8 heteroatoms. The van der Waals surface area contributed by atoms with Crippen molar-refractivity contribution in [3.8, 4) is 17.4 Å². The number of fused-ring (bicyclic) bond motifs is 2. The average molecular weight is 403 g/mol. The van der Waals surface area contributed by atoms with Crippen molar-refractivity contribution in [1.29, 1.82) is 0 Å². The molecule has 0 radical (unpaired) electrons. The lowest BCUT2D eigenvalue weighted by atomic mass is 10.1. The van der Waals surface area contributed by atoms with Gasteiger partial charge in [-0.05, 0) is 18.2 Å². The molecule has 30 heavy (non-hydrogen) atoms. The Labute approximate surface area is 173 Å². The van der Waals surface area contributed by atoms with Crippen LogP contribution in [0.3, 0.4) is 0 Å². The smallest absolute Gasteiger partial charge is 0.233 e. The first-order chi connectivity index (χ1) is 14.7. The van der Waals surface area contributed by atoms with Crippen LogP contribution in [-0.2, 0) is 0 Å². The van der Waals surface area contributed by atoms with Gasteiger partial charge in [0, 0.05) is 24.4 Å². The fourth-order valence-electron chi connectivity index (χ4n) is 3.83. The minimum atomic E-state index is 0.0174. The van der Waals surface area contributed by atoms with Crippen molar-refractivity contribution in [2.75, 3.05) is 32.2 Å². The average Bonchev–Trinajstić information content (AvgIpc) is 3.25. The van der Waals surface area contributed by atoms with Gasteiger partial charge in [0.05, 0.1) is 55.4 Å². The van der Waals surface area contributed by atoms with Crippen LogP contribution in [0.15, 0.2) is 48.8 Å². The van der Waals surface area contributed by atoms with Crippen molar-refractivity contribution in [1.82, 2.24) is 20.2 Å². The molecule has 1 aliphatic rings. The molecule has 1 saturated heterocycles. The zero-order valence-electron chi connectivity index (χ0n) is 16.8. The van der Waals surface area contributed by atoms with Gasteiger partial charge in [-0.1, -0.05) is 12.1 Å². The summed E-state index contributed by atoms with van der Waals surface area (Å²) in [5.74, 6) is 1.84. The molecule has 1 fully saturated rings. The molecule has 0 bridgehead atoms. The van der Waals surface area contributed by atoms with E-state index in [0.717, 1.165) is 47.1 Å². The van der Waals surface area contributed by atoms with Gasteiger partial charge in [0.2, 0.25) is 5.88 Å². The first kappa shape index (κ1) is 18.4. The monoisotopic (exact) mass is 403 g/mol. The van der Waals surface area contributed by atoms with Gasteiger partial charge in [0.1, 0.15) is 6.10 Å². The van der Waals surface area contributed by atoms with Gasteiger partial charge < -0.3 is 19.1 Å². The molecule has 1 unspecified atom stereocenters. The van der Waals surface area contributed by atoms with Gasteiger partial charge in [0.15, 0.2) is 11.5 Å². The predicted octanol–water partition coefficient (Wildman–Crippen LogP) is 3.25. The summed E-state index contributed by atoms with van der Waals surface area (Å²) in [5, 5.41) is 9.40. The zero-order valence-corrected chi connectivity index (χ0v) is 16.8. The highest BCUT2D eigenvalue weighted by molar-refractivity contribution is 5.93. The number of hydrogen-bond donors (Lipinski definition) is 0. The molecule has 1 aliphatic heterocycles. The van der Waals surface area contributed by atoms with Crippen LogP contribution in [0.4, 0.5) is 5.69 Å². The summed E-state index contributed by atoms with van der Waals surface area (Å²) < 4.78 is 17.0. The molecule has 152 valence electrons. The molecule has 2 aromatic carbocycles. The fraction of sp³-hybridized carbons (Fsp3) is 0.273. The highest BCUT2D eigenvalue weighted by atomic mass is 16.5. The van der Waals surface area contributed by atoms with Crippen LogP contribution in [0.2, 0.25) is 0 Å². The topological polar surface area (TPSA) is 82.5 Å². The van der Waals surface area contributed by atoms with Crippen LogP contribution < -0.4 is 19.1 Å². The van der Waals surface area contributed by atoms with Crippen molar-refractivity contribution in [3.63, 3.8) is 0 Å². The number of anilines is 1. The maximum absolute atomic E-state index is 6.13. The van der Waals surface area contributed by atoms with E-state index >= 15 is 0 Å². The number of para-hydroxylation sites is 2. The minimum absolute atomic E-state index is 0.0174. The Morgan fingerprint density at radius 2 is 1.77 bits per heavy atom. The Bertz CT molecular complexity index is 1220. The first-order valence-corrected chi connectivity index (χ1v) is 9.76. The van der Waals surface area contributed by atoms with Gasteiger partial charge in [-0.15, -0.1) is 0 Å². The predicted molar refractivity (Wildman–Crippen MR) is 113 cm³/mol. The van der Waals surface area contributed by atoms with E-state index in [9.17, 15) is 0 Å². The first-order valence-electron chi connectivity index (χ1n) is 9.76. The summed E-state index contributed by atoms with van der Waals surface area (Å²) in [4.78, 5) is 11.3. The van der Waals surface area contributed by atoms with E-state index < -0.39 is 0 Å². The van der Waals surface area contributed by atoms with Gasteiger partial charge >= 0.3 is 0 Å². The number of rotatable bonds is 5. The van der Waals surface area contributed by atoms with E-state index in [1.807, 2.05) is 36.4 Å². The quantitative estimate of drug-likeness (QED) is 0.502. The molecule has 4 aromatic rings. The van der Waals surface area contributed by atoms with Gasteiger partial charge in [-0.3, -0.25) is 0 Å². The third kappa shape index (κ3) is 3.30. The second-order valence-electron chi connectivity index (χ2n) is 7.13. The Hall–Kier alpha value is -3.68. The number of nitrogens with zero attached hydrogens (tertiary/aromatic N) is 5. The summed E-state index contributed by atoms with van der Waals surface area (Å²) in [7, 11) is 3.24. The third-order valence-electron chi connectivity index (χ3n) is 5.32. The molecular weight excluding hydrogens is 382 g/mol. The number of methoxy groups -OCH3 is 2. The molecule has 3 heterocycles.